The number of ether oxygens (including phenoxy) is 3. The van der Waals surface area contributed by atoms with Gasteiger partial charge in [0.1, 0.15) is 24.2 Å². The zero-order valence-electron chi connectivity index (χ0n) is 50.1. The molecular formula is C82H76N2O3. The van der Waals surface area contributed by atoms with Crippen molar-refractivity contribution in [2.45, 2.75) is 82.1 Å². The highest BCUT2D eigenvalue weighted by Gasteiger charge is 2.44. The Bertz CT molecular complexity index is 3710. The van der Waals surface area contributed by atoms with Crippen molar-refractivity contribution in [1.29, 1.82) is 0 Å². The van der Waals surface area contributed by atoms with Gasteiger partial charge in [0.25, 0.3) is 0 Å². The SMILES string of the molecule is CCC(CC(C)c1ccc(OCC2CO2)cc1)c1ccc(OCCCCCCC2(c3ccccc3)c3cc(-c4ccc(N(c5ccccc5)c5ccccc5)cc4)ccc3-c3ccc(-c4ccc(N(c5ccccc5)c5ccccc5)cc4)cc32)cc1. The molecule has 3 atom stereocenters. The Balaban J connectivity index is 0.752. The second kappa shape index (κ2) is 26.5. The number of hydrogen-bond donors (Lipinski definition) is 0. The molecule has 1 aliphatic heterocycles. The lowest BCUT2D eigenvalue weighted by Crippen LogP contribution is -2.27. The molecule has 5 nitrogen and oxygen atoms in total. The van der Waals surface area contributed by atoms with E-state index in [1.807, 2.05) is 0 Å². The molecule has 5 heteroatoms. The molecule has 0 N–H and O–H groups in total. The predicted molar refractivity (Wildman–Crippen MR) is 361 cm³/mol. The number of epoxide rings is 1. The summed E-state index contributed by atoms with van der Waals surface area (Å²) in [5.74, 6) is 2.77. The fourth-order valence-corrected chi connectivity index (χ4v) is 13.2. The molecule has 0 aromatic heterocycles. The van der Waals surface area contributed by atoms with Gasteiger partial charge in [0.05, 0.1) is 13.2 Å². The van der Waals surface area contributed by atoms with E-state index in [2.05, 4.69) is 309 Å². The summed E-state index contributed by atoms with van der Waals surface area (Å²) >= 11 is 0. The van der Waals surface area contributed by atoms with Gasteiger partial charge in [-0.1, -0.05) is 209 Å². The van der Waals surface area contributed by atoms with Gasteiger partial charge in [0, 0.05) is 39.5 Å². The van der Waals surface area contributed by atoms with Crippen LogP contribution in [0.2, 0.25) is 0 Å². The molecule has 11 aromatic carbocycles. The van der Waals surface area contributed by atoms with Gasteiger partial charge in [-0.05, 0) is 208 Å². The molecule has 2 aliphatic rings. The van der Waals surface area contributed by atoms with E-state index >= 15 is 0 Å². The molecule has 3 unspecified atom stereocenters. The van der Waals surface area contributed by atoms with Crippen molar-refractivity contribution in [3.8, 4) is 44.9 Å². The molecule has 11 aromatic rings. The summed E-state index contributed by atoms with van der Waals surface area (Å²) in [5.41, 5.74) is 20.6. The first-order valence-corrected chi connectivity index (χ1v) is 31.4. The maximum atomic E-state index is 6.45. The van der Waals surface area contributed by atoms with Crippen LogP contribution in [0.4, 0.5) is 34.1 Å². The minimum Gasteiger partial charge on any atom is -0.494 e. The third-order valence-electron chi connectivity index (χ3n) is 18.0. The molecule has 0 radical (unpaired) electrons. The molecule has 1 heterocycles. The molecule has 1 fully saturated rings. The highest BCUT2D eigenvalue weighted by atomic mass is 16.6. The van der Waals surface area contributed by atoms with Crippen LogP contribution in [0, 0.1) is 0 Å². The molecule has 87 heavy (non-hydrogen) atoms. The summed E-state index contributed by atoms with van der Waals surface area (Å²) in [6, 6.07) is 104. The van der Waals surface area contributed by atoms with Crippen molar-refractivity contribution in [2.75, 3.05) is 29.6 Å². The molecule has 0 bridgehead atoms. The number of anilines is 6. The van der Waals surface area contributed by atoms with E-state index in [1.165, 1.54) is 61.2 Å². The summed E-state index contributed by atoms with van der Waals surface area (Å²) in [6.45, 7) is 6.78. The summed E-state index contributed by atoms with van der Waals surface area (Å²) in [4.78, 5) is 4.66. The largest absolute Gasteiger partial charge is 0.494 e. The van der Waals surface area contributed by atoms with Crippen LogP contribution in [0.3, 0.4) is 0 Å². The zero-order chi connectivity index (χ0) is 58.8. The number of benzene rings is 11. The zero-order valence-corrected chi connectivity index (χ0v) is 50.1. The number of nitrogens with zero attached hydrogens (tertiary/aromatic N) is 2. The number of unbranched alkanes of at least 4 members (excludes halogenated alkanes) is 3. The van der Waals surface area contributed by atoms with Crippen molar-refractivity contribution < 1.29 is 14.2 Å². The van der Waals surface area contributed by atoms with Crippen LogP contribution in [0.25, 0.3) is 33.4 Å². The van der Waals surface area contributed by atoms with Gasteiger partial charge in [-0.15, -0.1) is 0 Å². The number of rotatable bonds is 25. The second-order valence-electron chi connectivity index (χ2n) is 23.6. The Morgan fingerprint density at radius 3 is 1.28 bits per heavy atom. The highest BCUT2D eigenvalue weighted by molar-refractivity contribution is 5.89. The topological polar surface area (TPSA) is 37.5 Å². The summed E-state index contributed by atoms with van der Waals surface area (Å²) in [7, 11) is 0. The van der Waals surface area contributed by atoms with E-state index < -0.39 is 0 Å². The fourth-order valence-electron chi connectivity index (χ4n) is 13.2. The summed E-state index contributed by atoms with van der Waals surface area (Å²) < 4.78 is 17.7. The normalized spacial score (nSPS) is 14.3. The maximum absolute atomic E-state index is 6.45. The van der Waals surface area contributed by atoms with Crippen molar-refractivity contribution in [3.05, 3.63) is 313 Å². The van der Waals surface area contributed by atoms with E-state index in [4.69, 9.17) is 14.2 Å². The maximum Gasteiger partial charge on any atom is 0.119 e. The molecule has 1 saturated heterocycles. The Labute approximate surface area is 515 Å². The average molecular weight is 1140 g/mol. The van der Waals surface area contributed by atoms with E-state index in [0.717, 1.165) is 97.2 Å². The smallest absolute Gasteiger partial charge is 0.119 e. The van der Waals surface area contributed by atoms with Gasteiger partial charge in [0.2, 0.25) is 0 Å². The Morgan fingerprint density at radius 1 is 0.425 bits per heavy atom. The predicted octanol–water partition coefficient (Wildman–Crippen LogP) is 21.8. The van der Waals surface area contributed by atoms with Crippen molar-refractivity contribution in [2.24, 2.45) is 0 Å². The van der Waals surface area contributed by atoms with E-state index in [0.29, 0.717) is 25.0 Å². The van der Waals surface area contributed by atoms with E-state index in [9.17, 15) is 0 Å². The fraction of sp³-hybridized carbons (Fsp3) is 0.195. The van der Waals surface area contributed by atoms with Crippen molar-refractivity contribution in [3.63, 3.8) is 0 Å². The first kappa shape index (κ1) is 56.7. The first-order valence-electron chi connectivity index (χ1n) is 31.4. The van der Waals surface area contributed by atoms with Gasteiger partial charge >= 0.3 is 0 Å². The van der Waals surface area contributed by atoms with Crippen molar-refractivity contribution >= 4 is 34.1 Å². The standard InChI is InChI=1S/C82H76N2O3/c1-3-61(55-60(2)62-37-47-76(48-38-62)86-58-77-59-87-77)63-39-49-75(50-40-63)85-54-22-5-4-21-53-82(68-23-11-6-12-24-68)80-56-66(64-33-43-73(44-34-64)83(69-25-13-7-14-26-69)70-27-15-8-16-28-70)41-51-78(80)79-52-42-67(57-81(79)82)65-35-45-74(46-36-65)84(71-29-17-9-18-30-71)72-31-19-10-20-32-72/h6-20,23-52,56-57,60-61,77H,3-5,21-22,53-55,58-59H2,1-2H3. The molecule has 1 aliphatic carbocycles. The van der Waals surface area contributed by atoms with Crippen LogP contribution in [0.15, 0.2) is 285 Å². The van der Waals surface area contributed by atoms with Gasteiger partial charge in [-0.25, -0.2) is 0 Å². The van der Waals surface area contributed by atoms with Crippen LogP contribution in [0.5, 0.6) is 11.5 Å². The van der Waals surface area contributed by atoms with Gasteiger partial charge in [-0.3, -0.25) is 0 Å². The highest BCUT2D eigenvalue weighted by Crippen LogP contribution is 2.57. The molecule has 0 saturated carbocycles. The van der Waals surface area contributed by atoms with Crippen LogP contribution < -0.4 is 19.3 Å². The van der Waals surface area contributed by atoms with Crippen LogP contribution in [0.1, 0.15) is 98.4 Å². The van der Waals surface area contributed by atoms with Gasteiger partial charge < -0.3 is 24.0 Å². The third-order valence-corrected chi connectivity index (χ3v) is 18.0. The minimum absolute atomic E-state index is 0.259. The van der Waals surface area contributed by atoms with Crippen LogP contribution >= 0.6 is 0 Å². The molecular weight excluding hydrogens is 1060 g/mol. The lowest BCUT2D eigenvalue weighted by Gasteiger charge is -2.34. The number of fused-ring (bicyclic) bond motifs is 3. The Hall–Kier alpha value is -9.42. The van der Waals surface area contributed by atoms with Crippen LogP contribution in [-0.4, -0.2) is 25.9 Å². The number of hydrogen-bond acceptors (Lipinski definition) is 5. The first-order chi connectivity index (χ1) is 43.0. The van der Waals surface area contributed by atoms with Gasteiger partial charge in [0.15, 0.2) is 0 Å². The number of para-hydroxylation sites is 4. The third kappa shape index (κ3) is 12.6. The molecule has 13 rings (SSSR count). The average Bonchev–Trinajstić information content (AvgIpc) is 2.04. The molecule has 0 spiro atoms. The summed E-state index contributed by atoms with van der Waals surface area (Å²) in [5, 5.41) is 0. The van der Waals surface area contributed by atoms with Crippen molar-refractivity contribution in [1.82, 2.24) is 0 Å². The minimum atomic E-state index is -0.385. The van der Waals surface area contributed by atoms with Gasteiger partial charge in [-0.2, -0.15) is 0 Å². The quantitative estimate of drug-likeness (QED) is 0.0421. The lowest BCUT2D eigenvalue weighted by atomic mass is 9.68. The Kier molecular flexibility index (Phi) is 17.2. The lowest BCUT2D eigenvalue weighted by molar-refractivity contribution is 0.263. The Morgan fingerprint density at radius 2 is 0.828 bits per heavy atom. The van der Waals surface area contributed by atoms with E-state index in [1.54, 1.807) is 0 Å². The monoisotopic (exact) mass is 1140 g/mol. The summed E-state index contributed by atoms with van der Waals surface area (Å²) in [6.07, 6.45) is 7.67. The van der Waals surface area contributed by atoms with Crippen LogP contribution in [-0.2, 0) is 10.2 Å². The molecule has 432 valence electrons. The molecule has 0 amide bonds. The van der Waals surface area contributed by atoms with E-state index in [-0.39, 0.29) is 11.5 Å². The second-order valence-corrected chi connectivity index (χ2v) is 23.6.